The molecule has 152 valence electrons. The van der Waals surface area contributed by atoms with Gasteiger partial charge in [0.25, 0.3) is 0 Å². The van der Waals surface area contributed by atoms with Crippen molar-refractivity contribution in [1.82, 2.24) is 24.7 Å². The van der Waals surface area contributed by atoms with E-state index in [0.29, 0.717) is 28.2 Å². The van der Waals surface area contributed by atoms with Crippen molar-refractivity contribution in [3.63, 3.8) is 0 Å². The number of aromatic nitrogens is 5. The van der Waals surface area contributed by atoms with Crippen LogP contribution >= 0.6 is 11.8 Å². The van der Waals surface area contributed by atoms with Crippen LogP contribution in [0.3, 0.4) is 0 Å². The predicted octanol–water partition coefficient (Wildman–Crippen LogP) is 3.01. The lowest BCUT2D eigenvalue weighted by atomic mass is 10.2. The first-order valence-electron chi connectivity index (χ1n) is 8.83. The molecule has 0 fully saturated rings. The number of rotatable bonds is 7. The molecule has 0 bridgehead atoms. The number of anilines is 1. The maximum Gasteiger partial charge on any atom is 0.312 e. The van der Waals surface area contributed by atoms with Crippen molar-refractivity contribution in [1.29, 1.82) is 0 Å². The quantitative estimate of drug-likeness (QED) is 0.253. The SMILES string of the molecule is Cc1nn(CSc2nnc(C)n2/N=C\c2ccc(N(C)C)cc2)c(C)c1[N+](=O)[O-]. The molecule has 0 aliphatic carbocycles. The minimum absolute atomic E-state index is 0.0439. The molecule has 0 aliphatic rings. The minimum atomic E-state index is -0.405. The maximum atomic E-state index is 11.2. The Hall–Kier alpha value is -3.21. The third-order valence-electron chi connectivity index (χ3n) is 4.34. The molecule has 1 aromatic carbocycles. The van der Waals surface area contributed by atoms with Crippen molar-refractivity contribution in [3.8, 4) is 0 Å². The summed E-state index contributed by atoms with van der Waals surface area (Å²) in [5.41, 5.74) is 3.01. The van der Waals surface area contributed by atoms with E-state index in [1.165, 1.54) is 11.8 Å². The van der Waals surface area contributed by atoms with E-state index in [0.717, 1.165) is 11.3 Å². The molecular weight excluding hydrogens is 392 g/mol. The molecule has 0 spiro atoms. The van der Waals surface area contributed by atoms with Gasteiger partial charge in [0.15, 0.2) is 5.82 Å². The molecule has 0 atom stereocenters. The Labute approximate surface area is 172 Å². The van der Waals surface area contributed by atoms with Crippen LogP contribution < -0.4 is 4.90 Å². The van der Waals surface area contributed by atoms with E-state index < -0.39 is 4.92 Å². The van der Waals surface area contributed by atoms with Crippen LogP contribution in [0.1, 0.15) is 22.8 Å². The number of benzene rings is 1. The highest BCUT2D eigenvalue weighted by atomic mass is 32.2. The van der Waals surface area contributed by atoms with Gasteiger partial charge in [-0.1, -0.05) is 23.9 Å². The molecule has 2 heterocycles. The lowest BCUT2D eigenvalue weighted by molar-refractivity contribution is -0.386. The normalized spacial score (nSPS) is 11.3. The molecule has 0 amide bonds. The average Bonchev–Trinajstić information content (AvgIpc) is 3.17. The van der Waals surface area contributed by atoms with Crippen LogP contribution in [0.25, 0.3) is 0 Å². The van der Waals surface area contributed by atoms with E-state index in [4.69, 9.17) is 0 Å². The van der Waals surface area contributed by atoms with Crippen molar-refractivity contribution in [3.05, 3.63) is 57.2 Å². The molecule has 11 heteroatoms. The van der Waals surface area contributed by atoms with E-state index in [1.807, 2.05) is 50.2 Å². The van der Waals surface area contributed by atoms with Crippen LogP contribution in [0.2, 0.25) is 0 Å². The fourth-order valence-corrected chi connectivity index (χ4v) is 3.63. The second-order valence-electron chi connectivity index (χ2n) is 6.62. The summed E-state index contributed by atoms with van der Waals surface area (Å²) in [5, 5.41) is 28.7. The maximum absolute atomic E-state index is 11.2. The first-order chi connectivity index (χ1) is 13.8. The Morgan fingerprint density at radius 3 is 2.48 bits per heavy atom. The first-order valence-corrected chi connectivity index (χ1v) is 9.81. The molecule has 0 unspecified atom stereocenters. The number of thioether (sulfide) groups is 1. The molecule has 0 aliphatic heterocycles. The highest BCUT2D eigenvalue weighted by Gasteiger charge is 2.22. The smallest absolute Gasteiger partial charge is 0.312 e. The van der Waals surface area contributed by atoms with Gasteiger partial charge in [0.1, 0.15) is 11.4 Å². The lowest BCUT2D eigenvalue weighted by Gasteiger charge is -2.11. The van der Waals surface area contributed by atoms with Gasteiger partial charge in [-0.25, -0.2) is 0 Å². The third-order valence-corrected chi connectivity index (χ3v) is 5.23. The molecule has 29 heavy (non-hydrogen) atoms. The molecule has 0 saturated heterocycles. The highest BCUT2D eigenvalue weighted by Crippen LogP contribution is 2.25. The van der Waals surface area contributed by atoms with Crippen molar-refractivity contribution in [2.24, 2.45) is 5.10 Å². The van der Waals surface area contributed by atoms with Gasteiger partial charge >= 0.3 is 5.69 Å². The largest absolute Gasteiger partial charge is 0.378 e. The number of nitro groups is 1. The molecule has 2 aromatic heterocycles. The highest BCUT2D eigenvalue weighted by molar-refractivity contribution is 7.98. The summed E-state index contributed by atoms with van der Waals surface area (Å²) >= 11 is 1.36. The van der Waals surface area contributed by atoms with Gasteiger partial charge < -0.3 is 4.90 Å². The Kier molecular flexibility index (Phi) is 5.97. The van der Waals surface area contributed by atoms with E-state index in [9.17, 15) is 10.1 Å². The summed E-state index contributed by atoms with van der Waals surface area (Å²) in [4.78, 5) is 12.8. The van der Waals surface area contributed by atoms with Crippen molar-refractivity contribution < 1.29 is 4.92 Å². The molecule has 0 radical (unpaired) electrons. The number of hydrogen-bond acceptors (Lipinski definition) is 8. The Bertz CT molecular complexity index is 1050. The van der Waals surface area contributed by atoms with E-state index >= 15 is 0 Å². The van der Waals surface area contributed by atoms with Crippen molar-refractivity contribution in [2.45, 2.75) is 31.8 Å². The fraction of sp³-hybridized carbons (Fsp3) is 0.333. The van der Waals surface area contributed by atoms with Gasteiger partial charge in [0.2, 0.25) is 5.16 Å². The average molecular weight is 414 g/mol. The number of nitrogens with zero attached hydrogens (tertiary/aromatic N) is 8. The second-order valence-corrected chi connectivity index (χ2v) is 7.53. The Morgan fingerprint density at radius 1 is 1.21 bits per heavy atom. The summed E-state index contributed by atoms with van der Waals surface area (Å²) in [7, 11) is 3.98. The number of aryl methyl sites for hydroxylation is 2. The third kappa shape index (κ3) is 4.45. The zero-order valence-corrected chi connectivity index (χ0v) is 17.7. The topological polar surface area (TPSA) is 107 Å². The zero-order chi connectivity index (χ0) is 21.1. The molecule has 3 rings (SSSR count). The fourth-order valence-electron chi connectivity index (χ4n) is 2.74. The van der Waals surface area contributed by atoms with Crippen molar-refractivity contribution >= 4 is 29.4 Å². The van der Waals surface area contributed by atoms with Gasteiger partial charge in [-0.05, 0) is 38.5 Å². The molecule has 10 nitrogen and oxygen atoms in total. The summed E-state index contributed by atoms with van der Waals surface area (Å²) < 4.78 is 3.24. The monoisotopic (exact) mass is 414 g/mol. The van der Waals surface area contributed by atoms with Crippen LogP contribution in [-0.4, -0.2) is 49.9 Å². The van der Waals surface area contributed by atoms with Crippen LogP contribution in [0, 0.1) is 30.9 Å². The van der Waals surface area contributed by atoms with Crippen molar-refractivity contribution in [2.75, 3.05) is 19.0 Å². The van der Waals surface area contributed by atoms with Gasteiger partial charge in [-0.15, -0.1) is 10.2 Å². The van der Waals surface area contributed by atoms with E-state index in [-0.39, 0.29) is 5.69 Å². The lowest BCUT2D eigenvalue weighted by Crippen LogP contribution is -2.08. The van der Waals surface area contributed by atoms with E-state index in [1.54, 1.807) is 29.4 Å². The second kappa shape index (κ2) is 8.43. The van der Waals surface area contributed by atoms with Gasteiger partial charge in [0.05, 0.1) is 17.0 Å². The van der Waals surface area contributed by atoms with Crippen LogP contribution in [0.15, 0.2) is 34.5 Å². The van der Waals surface area contributed by atoms with Gasteiger partial charge in [0, 0.05) is 19.8 Å². The summed E-state index contributed by atoms with van der Waals surface area (Å²) in [5.74, 6) is 1.01. The van der Waals surface area contributed by atoms with Gasteiger partial charge in [-0.2, -0.15) is 14.9 Å². The molecule has 0 saturated carbocycles. The van der Waals surface area contributed by atoms with Gasteiger partial charge in [-0.3, -0.25) is 14.8 Å². The standard InChI is InChI=1S/C18H22N8O2S/c1-12-17(26(27)28)13(2)24(22-12)11-29-18-21-20-14(3)25(18)19-10-15-6-8-16(9-7-15)23(4)5/h6-10H,11H2,1-5H3/b19-10-. The summed E-state index contributed by atoms with van der Waals surface area (Å²) in [6, 6.07) is 8.01. The first kappa shape index (κ1) is 20.5. The Morgan fingerprint density at radius 2 is 1.90 bits per heavy atom. The summed E-state index contributed by atoms with van der Waals surface area (Å²) in [6.45, 7) is 5.13. The summed E-state index contributed by atoms with van der Waals surface area (Å²) in [6.07, 6.45) is 1.74. The number of hydrogen-bond donors (Lipinski definition) is 0. The van der Waals surface area contributed by atoms with Crippen LogP contribution in [0.4, 0.5) is 11.4 Å². The molecular formula is C18H22N8O2S. The zero-order valence-electron chi connectivity index (χ0n) is 16.9. The molecule has 3 aromatic rings. The van der Waals surface area contributed by atoms with Crippen LogP contribution in [-0.2, 0) is 5.88 Å². The van der Waals surface area contributed by atoms with E-state index in [2.05, 4.69) is 20.4 Å². The minimum Gasteiger partial charge on any atom is -0.378 e. The molecule has 0 N–H and O–H groups in total. The van der Waals surface area contributed by atoms with Crippen LogP contribution in [0.5, 0.6) is 0 Å². The Balaban J connectivity index is 1.76. The predicted molar refractivity (Wildman–Crippen MR) is 113 cm³/mol.